The molecule has 8 atom stereocenters. The third kappa shape index (κ3) is 3.58. The number of aliphatic hydroxyl groups excluding tert-OH is 1. The summed E-state index contributed by atoms with van der Waals surface area (Å²) in [5.41, 5.74) is 3.11. The van der Waals surface area contributed by atoms with Gasteiger partial charge in [-0.15, -0.1) is 0 Å². The first-order valence-electron chi connectivity index (χ1n) is 13.6. The van der Waals surface area contributed by atoms with Gasteiger partial charge in [-0.25, -0.2) is 4.79 Å². The highest BCUT2D eigenvalue weighted by molar-refractivity contribution is 5.85. The Bertz CT molecular complexity index is 853. The minimum absolute atomic E-state index is 0.00517. The van der Waals surface area contributed by atoms with Gasteiger partial charge in [-0.3, -0.25) is 0 Å². The molecule has 4 aliphatic carbocycles. The first-order valence-corrected chi connectivity index (χ1v) is 13.6. The Morgan fingerprint density at radius 2 is 1.79 bits per heavy atom. The van der Waals surface area contributed by atoms with Crippen LogP contribution in [0, 0.1) is 45.3 Å². The van der Waals surface area contributed by atoms with E-state index in [0.717, 1.165) is 25.7 Å². The van der Waals surface area contributed by atoms with Crippen molar-refractivity contribution in [1.29, 1.82) is 0 Å². The second-order valence-corrected chi connectivity index (χ2v) is 13.6. The molecule has 3 fully saturated rings. The lowest BCUT2D eigenvalue weighted by Crippen LogP contribution is -2.57. The zero-order valence-corrected chi connectivity index (χ0v) is 22.2. The Morgan fingerprint density at radius 1 is 1.09 bits per heavy atom. The third-order valence-corrected chi connectivity index (χ3v) is 12.0. The second kappa shape index (κ2) is 8.25. The largest absolute Gasteiger partial charge is 0.478 e. The van der Waals surface area contributed by atoms with Gasteiger partial charge in [0, 0.05) is 5.57 Å². The SMILES string of the molecule is C/C(=C/CC[C@@H](C)[C@H]1CC[C@@]2(C)[C@@H]3CC[C@H]4C(C)(C)[C@@H](O)CC[C@]4(C)C3=CC[C@]12C)C(=O)O. The van der Waals surface area contributed by atoms with Gasteiger partial charge in [-0.05, 0) is 110 Å². The predicted molar refractivity (Wildman–Crippen MR) is 135 cm³/mol. The lowest BCUT2D eigenvalue weighted by atomic mass is 9.41. The number of carbonyl (C=O) groups is 1. The van der Waals surface area contributed by atoms with E-state index in [-0.39, 0.29) is 16.9 Å². The summed E-state index contributed by atoms with van der Waals surface area (Å²) in [4.78, 5) is 11.1. The maximum Gasteiger partial charge on any atom is 0.330 e. The molecule has 0 bridgehead atoms. The van der Waals surface area contributed by atoms with Gasteiger partial charge in [0.15, 0.2) is 0 Å². The van der Waals surface area contributed by atoms with E-state index in [2.05, 4.69) is 47.6 Å². The van der Waals surface area contributed by atoms with Gasteiger partial charge >= 0.3 is 5.97 Å². The standard InChI is InChI=1S/C30H48O3/c1-19(9-8-10-20(2)26(32)33)21-13-17-30(7)23-11-12-24-27(3,4)25(31)15-16-28(24,5)22(23)14-18-29(21,30)6/h10,14,19,21,23-25,31H,8-9,11-13,15-18H2,1-7H3,(H,32,33)/b20-10-/t19-,21-,23-,24+,25+,28-,29-,30+/m1/s1. The normalized spacial score (nSPS) is 45.5. The van der Waals surface area contributed by atoms with Crippen LogP contribution in [0.15, 0.2) is 23.3 Å². The van der Waals surface area contributed by atoms with E-state index in [1.807, 2.05) is 6.08 Å². The van der Waals surface area contributed by atoms with E-state index in [4.69, 9.17) is 5.11 Å². The predicted octanol–water partition coefficient (Wildman–Crippen LogP) is 7.40. The molecule has 0 heterocycles. The molecule has 4 rings (SSSR count). The first kappa shape index (κ1) is 25.0. The molecule has 186 valence electrons. The molecule has 0 aromatic carbocycles. The maximum atomic E-state index is 11.1. The third-order valence-electron chi connectivity index (χ3n) is 12.0. The molecule has 2 N–H and O–H groups in total. The monoisotopic (exact) mass is 456 g/mol. The molecule has 0 saturated heterocycles. The van der Waals surface area contributed by atoms with Crippen LogP contribution in [0.5, 0.6) is 0 Å². The number of aliphatic hydroxyl groups is 1. The molecule has 3 nitrogen and oxygen atoms in total. The van der Waals surface area contributed by atoms with Gasteiger partial charge in [0.25, 0.3) is 0 Å². The molecular weight excluding hydrogens is 408 g/mol. The van der Waals surface area contributed by atoms with Crippen LogP contribution >= 0.6 is 0 Å². The first-order chi connectivity index (χ1) is 15.3. The fraction of sp³-hybridized carbons (Fsp3) is 0.833. The van der Waals surface area contributed by atoms with E-state index in [1.54, 1.807) is 12.5 Å². The number of carboxylic acid groups (broad SMARTS) is 1. The van der Waals surface area contributed by atoms with Crippen LogP contribution in [0.2, 0.25) is 0 Å². The van der Waals surface area contributed by atoms with Crippen LogP contribution in [-0.4, -0.2) is 22.3 Å². The van der Waals surface area contributed by atoms with E-state index in [9.17, 15) is 9.90 Å². The molecule has 0 spiro atoms. The lowest BCUT2D eigenvalue weighted by molar-refractivity contribution is -0.132. The fourth-order valence-corrected chi connectivity index (χ4v) is 9.52. The van der Waals surface area contributed by atoms with Crippen molar-refractivity contribution in [3.63, 3.8) is 0 Å². The minimum atomic E-state index is -0.796. The zero-order valence-electron chi connectivity index (χ0n) is 22.2. The summed E-state index contributed by atoms with van der Waals surface area (Å²) in [5.74, 6) is 1.77. The number of rotatable bonds is 5. The van der Waals surface area contributed by atoms with Gasteiger partial charge < -0.3 is 10.2 Å². The molecule has 0 amide bonds. The Morgan fingerprint density at radius 3 is 2.45 bits per heavy atom. The second-order valence-electron chi connectivity index (χ2n) is 13.6. The Kier molecular flexibility index (Phi) is 6.25. The van der Waals surface area contributed by atoms with Crippen LogP contribution in [0.4, 0.5) is 0 Å². The van der Waals surface area contributed by atoms with Crippen LogP contribution < -0.4 is 0 Å². The van der Waals surface area contributed by atoms with Crippen molar-refractivity contribution < 1.29 is 15.0 Å². The van der Waals surface area contributed by atoms with E-state index in [1.165, 1.54) is 32.1 Å². The number of hydrogen-bond donors (Lipinski definition) is 2. The lowest BCUT2D eigenvalue weighted by Gasteiger charge is -2.64. The van der Waals surface area contributed by atoms with Crippen LogP contribution in [-0.2, 0) is 4.79 Å². The van der Waals surface area contributed by atoms with Crippen molar-refractivity contribution in [2.45, 2.75) is 112 Å². The van der Waals surface area contributed by atoms with E-state index < -0.39 is 5.97 Å². The summed E-state index contributed by atoms with van der Waals surface area (Å²) in [6.07, 6.45) is 14.7. The van der Waals surface area contributed by atoms with E-state index in [0.29, 0.717) is 40.1 Å². The smallest absolute Gasteiger partial charge is 0.330 e. The average Bonchev–Trinajstić information content (AvgIpc) is 3.02. The van der Waals surface area contributed by atoms with Gasteiger partial charge in [-0.2, -0.15) is 0 Å². The van der Waals surface area contributed by atoms with Crippen LogP contribution in [0.25, 0.3) is 0 Å². The molecule has 0 unspecified atom stereocenters. The molecule has 0 aromatic rings. The van der Waals surface area contributed by atoms with Crippen LogP contribution in [0.1, 0.15) is 106 Å². The molecule has 0 radical (unpaired) electrons. The maximum absolute atomic E-state index is 11.1. The van der Waals surface area contributed by atoms with Crippen LogP contribution in [0.3, 0.4) is 0 Å². The molecular formula is C30H48O3. The summed E-state index contributed by atoms with van der Waals surface area (Å²) < 4.78 is 0. The van der Waals surface area contributed by atoms with Crippen molar-refractivity contribution in [2.75, 3.05) is 0 Å². The number of carboxylic acids is 1. The van der Waals surface area contributed by atoms with Crippen molar-refractivity contribution in [2.24, 2.45) is 45.3 Å². The molecule has 4 aliphatic rings. The summed E-state index contributed by atoms with van der Waals surface area (Å²) in [7, 11) is 0. The highest BCUT2D eigenvalue weighted by Gasteiger charge is 2.65. The summed E-state index contributed by atoms with van der Waals surface area (Å²) in [6.45, 7) is 16.5. The molecule has 33 heavy (non-hydrogen) atoms. The van der Waals surface area contributed by atoms with Crippen molar-refractivity contribution >= 4 is 5.97 Å². The van der Waals surface area contributed by atoms with Gasteiger partial charge in [0.1, 0.15) is 0 Å². The van der Waals surface area contributed by atoms with Crippen molar-refractivity contribution in [1.82, 2.24) is 0 Å². The Balaban J connectivity index is 1.59. The number of fused-ring (bicyclic) bond motifs is 5. The molecule has 3 heteroatoms. The quantitative estimate of drug-likeness (QED) is 0.335. The summed E-state index contributed by atoms with van der Waals surface area (Å²) in [5, 5.41) is 20.0. The molecule has 0 aliphatic heterocycles. The number of allylic oxidation sites excluding steroid dienone is 3. The molecule has 0 aromatic heterocycles. The van der Waals surface area contributed by atoms with Gasteiger partial charge in [-0.1, -0.05) is 59.3 Å². The molecule has 3 saturated carbocycles. The number of aliphatic carboxylic acids is 1. The average molecular weight is 457 g/mol. The minimum Gasteiger partial charge on any atom is -0.478 e. The highest BCUT2D eigenvalue weighted by Crippen LogP contribution is 2.73. The Hall–Kier alpha value is -1.09. The van der Waals surface area contributed by atoms with Gasteiger partial charge in [0.2, 0.25) is 0 Å². The van der Waals surface area contributed by atoms with Crippen molar-refractivity contribution in [3.8, 4) is 0 Å². The Labute approximate surface area is 202 Å². The summed E-state index contributed by atoms with van der Waals surface area (Å²) in [6, 6.07) is 0. The topological polar surface area (TPSA) is 57.5 Å². The van der Waals surface area contributed by atoms with Gasteiger partial charge in [0.05, 0.1) is 6.10 Å². The highest BCUT2D eigenvalue weighted by atomic mass is 16.4. The summed E-state index contributed by atoms with van der Waals surface area (Å²) >= 11 is 0. The van der Waals surface area contributed by atoms with E-state index >= 15 is 0 Å². The number of hydrogen-bond acceptors (Lipinski definition) is 2. The van der Waals surface area contributed by atoms with Crippen molar-refractivity contribution in [3.05, 3.63) is 23.3 Å². The fourth-order valence-electron chi connectivity index (χ4n) is 9.52. The zero-order chi connectivity index (χ0) is 24.4.